The molecule has 1 aliphatic carbocycles. The van der Waals surface area contributed by atoms with E-state index < -0.39 is 17.2 Å². The molecule has 0 unspecified atom stereocenters. The molecule has 34 heavy (non-hydrogen) atoms. The number of carbonyl (C=O) groups is 2. The van der Waals surface area contributed by atoms with Gasteiger partial charge in [0.05, 0.1) is 25.0 Å². The van der Waals surface area contributed by atoms with Crippen molar-refractivity contribution in [1.82, 2.24) is 20.2 Å². The number of furan rings is 1. The van der Waals surface area contributed by atoms with Gasteiger partial charge in [0.25, 0.3) is 11.8 Å². The van der Waals surface area contributed by atoms with Crippen LogP contribution in [0.3, 0.4) is 0 Å². The molecule has 1 fully saturated rings. The number of carbonyl (C=O) groups excluding carboxylic acids is 2. The Morgan fingerprint density at radius 3 is 2.38 bits per heavy atom. The lowest BCUT2D eigenvalue weighted by Crippen LogP contribution is -2.40. The summed E-state index contributed by atoms with van der Waals surface area (Å²) in [6, 6.07) is 9.02. The Hall–Kier alpha value is -3.68. The van der Waals surface area contributed by atoms with Crippen LogP contribution in [0.1, 0.15) is 77.1 Å². The Labute approximate surface area is 198 Å². The van der Waals surface area contributed by atoms with Gasteiger partial charge in [0.1, 0.15) is 16.9 Å². The highest BCUT2D eigenvalue weighted by Crippen LogP contribution is 2.17. The molecule has 0 spiro atoms. The maximum absolute atomic E-state index is 13.2. The predicted octanol–water partition coefficient (Wildman–Crippen LogP) is 3.66. The van der Waals surface area contributed by atoms with E-state index in [0.29, 0.717) is 12.3 Å². The van der Waals surface area contributed by atoms with Crippen LogP contribution in [0.4, 0.5) is 0 Å². The first-order valence-electron chi connectivity index (χ1n) is 11.9. The van der Waals surface area contributed by atoms with Crippen LogP contribution in [0, 0.1) is 0 Å². The Balaban J connectivity index is 1.59. The fourth-order valence-corrected chi connectivity index (χ4v) is 4.26. The molecule has 3 aromatic rings. The van der Waals surface area contributed by atoms with Gasteiger partial charge in [-0.2, -0.15) is 0 Å². The maximum Gasteiger partial charge on any atom is 0.257 e. The molecule has 3 heterocycles. The van der Waals surface area contributed by atoms with E-state index in [2.05, 4.69) is 15.6 Å². The van der Waals surface area contributed by atoms with Crippen molar-refractivity contribution >= 4 is 11.8 Å². The Bertz CT molecular complexity index is 1150. The van der Waals surface area contributed by atoms with Crippen molar-refractivity contribution in [2.75, 3.05) is 0 Å². The van der Waals surface area contributed by atoms with E-state index >= 15 is 0 Å². The van der Waals surface area contributed by atoms with Gasteiger partial charge in [-0.3, -0.25) is 19.4 Å². The van der Waals surface area contributed by atoms with Crippen molar-refractivity contribution in [2.24, 2.45) is 0 Å². The van der Waals surface area contributed by atoms with Crippen molar-refractivity contribution in [3.63, 3.8) is 0 Å². The van der Waals surface area contributed by atoms with Crippen molar-refractivity contribution in [2.45, 2.75) is 64.1 Å². The highest BCUT2D eigenvalue weighted by atomic mass is 16.3. The van der Waals surface area contributed by atoms with Gasteiger partial charge in [0.2, 0.25) is 5.43 Å². The summed E-state index contributed by atoms with van der Waals surface area (Å²) in [4.78, 5) is 43.6. The number of hydrogen-bond acceptors (Lipinski definition) is 5. The molecule has 1 saturated carbocycles. The van der Waals surface area contributed by atoms with Crippen LogP contribution in [0.2, 0.25) is 0 Å². The number of nitrogens with zero attached hydrogens (tertiary/aromatic N) is 2. The second kappa shape index (κ2) is 11.4. The molecule has 2 amide bonds. The summed E-state index contributed by atoms with van der Waals surface area (Å²) in [7, 11) is 0. The van der Waals surface area contributed by atoms with Gasteiger partial charge in [-0.1, -0.05) is 38.2 Å². The Kier molecular flexibility index (Phi) is 7.91. The van der Waals surface area contributed by atoms with E-state index in [0.717, 1.165) is 44.2 Å². The quantitative estimate of drug-likeness (QED) is 0.557. The molecular weight excluding hydrogens is 432 g/mol. The third kappa shape index (κ3) is 6.21. The second-order valence-corrected chi connectivity index (χ2v) is 8.69. The predicted molar refractivity (Wildman–Crippen MR) is 127 cm³/mol. The molecule has 0 atom stereocenters. The molecule has 8 nitrogen and oxygen atoms in total. The summed E-state index contributed by atoms with van der Waals surface area (Å²) in [5, 5.41) is 5.74. The van der Waals surface area contributed by atoms with E-state index in [1.807, 2.05) is 18.2 Å². The van der Waals surface area contributed by atoms with Crippen molar-refractivity contribution in [3.8, 4) is 0 Å². The fourth-order valence-electron chi connectivity index (χ4n) is 4.26. The van der Waals surface area contributed by atoms with Crippen LogP contribution in [-0.2, 0) is 13.1 Å². The maximum atomic E-state index is 13.2. The monoisotopic (exact) mass is 462 g/mol. The zero-order chi connectivity index (χ0) is 23.8. The van der Waals surface area contributed by atoms with Gasteiger partial charge in [0, 0.05) is 24.6 Å². The zero-order valence-electron chi connectivity index (χ0n) is 19.2. The number of nitrogens with one attached hydrogen (secondary N) is 2. The second-order valence-electron chi connectivity index (χ2n) is 8.69. The first-order chi connectivity index (χ1) is 16.6. The highest BCUT2D eigenvalue weighted by Gasteiger charge is 2.22. The summed E-state index contributed by atoms with van der Waals surface area (Å²) in [6.45, 7) is 0.466. The van der Waals surface area contributed by atoms with Crippen LogP contribution < -0.4 is 16.1 Å². The highest BCUT2D eigenvalue weighted by molar-refractivity contribution is 5.99. The average Bonchev–Trinajstić information content (AvgIpc) is 3.34. The topological polar surface area (TPSA) is 106 Å². The van der Waals surface area contributed by atoms with E-state index in [9.17, 15) is 14.4 Å². The summed E-state index contributed by atoms with van der Waals surface area (Å²) >= 11 is 0. The fraction of sp³-hybridized carbons (Fsp3) is 0.385. The molecule has 8 heteroatoms. The van der Waals surface area contributed by atoms with Gasteiger partial charge in [-0.05, 0) is 37.1 Å². The van der Waals surface area contributed by atoms with Crippen LogP contribution in [0.15, 0.2) is 64.4 Å². The molecule has 1 aliphatic rings. The van der Waals surface area contributed by atoms with Gasteiger partial charge in [-0.25, -0.2) is 0 Å². The summed E-state index contributed by atoms with van der Waals surface area (Å²) < 4.78 is 6.91. The third-order valence-corrected chi connectivity index (χ3v) is 6.08. The summed E-state index contributed by atoms with van der Waals surface area (Å²) in [6.07, 6.45) is 13.7. The van der Waals surface area contributed by atoms with Gasteiger partial charge < -0.3 is 19.6 Å². The van der Waals surface area contributed by atoms with E-state index in [4.69, 9.17) is 4.42 Å². The number of rotatable bonds is 7. The first-order valence-corrected chi connectivity index (χ1v) is 11.9. The van der Waals surface area contributed by atoms with Crippen LogP contribution in [0.25, 0.3) is 0 Å². The molecule has 178 valence electrons. The molecule has 0 radical (unpaired) electrons. The van der Waals surface area contributed by atoms with Crippen molar-refractivity contribution in [1.29, 1.82) is 0 Å². The number of aromatic nitrogens is 2. The first kappa shape index (κ1) is 23.5. The van der Waals surface area contributed by atoms with Gasteiger partial charge >= 0.3 is 0 Å². The minimum absolute atomic E-state index is 0.0351. The van der Waals surface area contributed by atoms with E-state index in [1.165, 1.54) is 25.1 Å². The Morgan fingerprint density at radius 2 is 1.71 bits per heavy atom. The normalized spacial score (nSPS) is 14.7. The lowest BCUT2D eigenvalue weighted by Gasteiger charge is -2.21. The molecule has 0 aromatic carbocycles. The molecule has 0 bridgehead atoms. The van der Waals surface area contributed by atoms with Crippen molar-refractivity contribution in [3.05, 3.63) is 88.0 Å². The molecular formula is C26H30N4O4. The minimum atomic E-state index is -0.586. The van der Waals surface area contributed by atoms with Crippen LogP contribution in [0.5, 0.6) is 0 Å². The van der Waals surface area contributed by atoms with E-state index in [-0.39, 0.29) is 23.7 Å². The largest absolute Gasteiger partial charge is 0.467 e. The van der Waals surface area contributed by atoms with Crippen molar-refractivity contribution < 1.29 is 14.0 Å². The third-order valence-electron chi connectivity index (χ3n) is 6.08. The average molecular weight is 463 g/mol. The van der Waals surface area contributed by atoms with Gasteiger partial charge in [0.15, 0.2) is 0 Å². The zero-order valence-corrected chi connectivity index (χ0v) is 19.2. The smallest absolute Gasteiger partial charge is 0.257 e. The number of amides is 2. The Morgan fingerprint density at radius 1 is 0.971 bits per heavy atom. The van der Waals surface area contributed by atoms with Gasteiger partial charge in [-0.15, -0.1) is 0 Å². The molecule has 0 saturated heterocycles. The lowest BCUT2D eigenvalue weighted by molar-refractivity contribution is 0.0928. The summed E-state index contributed by atoms with van der Waals surface area (Å²) in [5.41, 5.74) is 0.0356. The lowest BCUT2D eigenvalue weighted by atomic mass is 9.96. The van der Waals surface area contributed by atoms with E-state index in [1.54, 1.807) is 22.9 Å². The molecule has 3 aromatic heterocycles. The molecule has 4 rings (SSSR count). The SMILES string of the molecule is O=C(NCc1ccco1)c1cn(Cc2ccccn2)cc(C(=O)NC2CCCCCCC2)c1=O. The molecule has 0 aliphatic heterocycles. The number of pyridine rings is 2. The van der Waals surface area contributed by atoms with Crippen LogP contribution in [-0.4, -0.2) is 27.4 Å². The minimum Gasteiger partial charge on any atom is -0.467 e. The molecule has 2 N–H and O–H groups in total. The van der Waals surface area contributed by atoms with Crippen LogP contribution >= 0.6 is 0 Å². The number of hydrogen-bond donors (Lipinski definition) is 2. The standard InChI is InChI=1S/C26H30N4O4/c31-24-22(25(32)28-15-21-12-8-14-34-21)17-30(16-20-11-6-7-13-27-20)18-23(24)26(33)29-19-9-4-2-1-3-5-10-19/h6-8,11-14,17-19H,1-5,9-10,15-16H2,(H,28,32)(H,29,33). The summed E-state index contributed by atoms with van der Waals surface area (Å²) in [5.74, 6) is -0.428.